The highest BCUT2D eigenvalue weighted by Crippen LogP contribution is 2.47. The summed E-state index contributed by atoms with van der Waals surface area (Å²) in [5, 5.41) is 22.7. The van der Waals surface area contributed by atoms with Gasteiger partial charge in [0, 0.05) is 45.8 Å². The number of nitrogens with zero attached hydrogens (tertiary/aromatic N) is 2. The summed E-state index contributed by atoms with van der Waals surface area (Å²) in [6.07, 6.45) is 4.37. The second-order valence-corrected chi connectivity index (χ2v) is 11.2. The molecule has 2 fully saturated rings. The quantitative estimate of drug-likeness (QED) is 0.323. The fourth-order valence-corrected chi connectivity index (χ4v) is 6.55. The Morgan fingerprint density at radius 1 is 1.18 bits per heavy atom. The first-order chi connectivity index (χ1) is 15.9. The number of fused-ring (bicyclic) bond motifs is 1. The van der Waals surface area contributed by atoms with Crippen LogP contribution in [-0.4, -0.2) is 38.7 Å². The minimum Gasteiger partial charge on any atom is -0.506 e. The van der Waals surface area contributed by atoms with Gasteiger partial charge in [-0.1, -0.05) is 23.7 Å². The van der Waals surface area contributed by atoms with E-state index in [4.69, 9.17) is 11.6 Å². The van der Waals surface area contributed by atoms with Gasteiger partial charge in [0.2, 0.25) is 0 Å². The van der Waals surface area contributed by atoms with Crippen molar-refractivity contribution < 1.29 is 15.0 Å². The van der Waals surface area contributed by atoms with E-state index < -0.39 is 5.97 Å². The molecule has 1 aliphatic heterocycles. The van der Waals surface area contributed by atoms with Crippen LogP contribution in [-0.2, 0) is 18.1 Å². The molecule has 1 saturated carbocycles. The first-order valence-electron chi connectivity index (χ1n) is 11.3. The van der Waals surface area contributed by atoms with Gasteiger partial charge in [0.1, 0.15) is 5.75 Å². The number of hydrogen-bond donors (Lipinski definition) is 2. The maximum Gasteiger partial charge on any atom is 0.338 e. The van der Waals surface area contributed by atoms with E-state index in [1.165, 1.54) is 0 Å². The van der Waals surface area contributed by atoms with Crippen LogP contribution in [0.3, 0.4) is 0 Å². The normalized spacial score (nSPS) is 16.7. The van der Waals surface area contributed by atoms with Crippen molar-refractivity contribution in [2.75, 3.05) is 13.1 Å². The molecule has 1 aliphatic carbocycles. The Hall–Kier alpha value is -1.67. The minimum atomic E-state index is -0.929. The number of phenols is 1. The van der Waals surface area contributed by atoms with E-state index in [0.29, 0.717) is 38.8 Å². The van der Waals surface area contributed by atoms with Crippen LogP contribution in [0.1, 0.15) is 58.9 Å². The summed E-state index contributed by atoms with van der Waals surface area (Å²) in [6, 6.07) is 10.00. The van der Waals surface area contributed by atoms with Gasteiger partial charge in [-0.25, -0.2) is 4.79 Å². The Morgan fingerprint density at radius 3 is 2.61 bits per heavy atom. The lowest BCUT2D eigenvalue weighted by molar-refractivity contribution is 0.0697. The second-order valence-electron chi connectivity index (χ2n) is 8.91. The molecule has 2 heterocycles. The molecule has 2 aliphatic rings. The summed E-state index contributed by atoms with van der Waals surface area (Å²) in [5.41, 5.74) is 3.93. The van der Waals surface area contributed by atoms with Gasteiger partial charge < -0.3 is 14.8 Å². The van der Waals surface area contributed by atoms with Crippen LogP contribution in [0.15, 0.2) is 34.8 Å². The van der Waals surface area contributed by atoms with Crippen molar-refractivity contribution >= 4 is 56.2 Å². The van der Waals surface area contributed by atoms with Crippen LogP contribution < -0.4 is 0 Å². The maximum absolute atomic E-state index is 12.6. The third-order valence-corrected chi connectivity index (χ3v) is 8.38. The molecule has 33 heavy (non-hydrogen) atoms. The minimum absolute atomic E-state index is 0.156. The van der Waals surface area contributed by atoms with Gasteiger partial charge in [0.25, 0.3) is 0 Å². The number of aromatic hydroxyl groups is 1. The van der Waals surface area contributed by atoms with Crippen LogP contribution >= 0.6 is 39.3 Å². The van der Waals surface area contributed by atoms with Gasteiger partial charge in [0.15, 0.2) is 0 Å². The summed E-state index contributed by atoms with van der Waals surface area (Å²) >= 11 is 11.4. The predicted molar refractivity (Wildman–Crippen MR) is 137 cm³/mol. The van der Waals surface area contributed by atoms with E-state index in [1.54, 1.807) is 11.8 Å². The van der Waals surface area contributed by atoms with Crippen LogP contribution in [0.4, 0.5) is 0 Å². The van der Waals surface area contributed by atoms with Gasteiger partial charge in [-0.05, 0) is 78.5 Å². The molecule has 8 heteroatoms. The SMILES string of the molecule is O=C(O)c1c(CSCc2cccc(Cl)c2)n(C2CC2)c2cc(Br)c(O)c(CN3CCCC3)c12. The molecule has 3 aromatic rings. The highest BCUT2D eigenvalue weighted by molar-refractivity contribution is 9.10. The number of carboxylic acids is 1. The number of carbonyl (C=O) groups is 1. The molecule has 0 atom stereocenters. The molecule has 0 spiro atoms. The molecule has 174 valence electrons. The number of rotatable bonds is 8. The van der Waals surface area contributed by atoms with E-state index in [9.17, 15) is 15.0 Å². The number of benzene rings is 2. The van der Waals surface area contributed by atoms with E-state index in [1.807, 2.05) is 30.3 Å². The Labute approximate surface area is 210 Å². The number of aromatic carboxylic acids is 1. The zero-order chi connectivity index (χ0) is 23.1. The highest BCUT2D eigenvalue weighted by atomic mass is 79.9. The van der Waals surface area contributed by atoms with Crippen molar-refractivity contribution in [3.8, 4) is 5.75 Å². The van der Waals surface area contributed by atoms with Crippen molar-refractivity contribution in [1.82, 2.24) is 9.47 Å². The molecule has 5 rings (SSSR count). The first kappa shape index (κ1) is 23.1. The van der Waals surface area contributed by atoms with E-state index in [0.717, 1.165) is 66.9 Å². The molecular formula is C25H26BrClN2O3S. The molecular weight excluding hydrogens is 524 g/mol. The van der Waals surface area contributed by atoms with Gasteiger partial charge in [-0.3, -0.25) is 4.90 Å². The molecule has 0 bridgehead atoms. The Balaban J connectivity index is 1.59. The average molecular weight is 550 g/mol. The number of thioether (sulfide) groups is 1. The number of halogens is 2. The number of carboxylic acid groups (broad SMARTS) is 1. The van der Waals surface area contributed by atoms with Crippen LogP contribution in [0.2, 0.25) is 5.02 Å². The van der Waals surface area contributed by atoms with Crippen molar-refractivity contribution in [2.45, 2.75) is 49.8 Å². The van der Waals surface area contributed by atoms with E-state index in [2.05, 4.69) is 25.4 Å². The zero-order valence-corrected chi connectivity index (χ0v) is 21.3. The lowest BCUT2D eigenvalue weighted by atomic mass is 10.0. The topological polar surface area (TPSA) is 65.7 Å². The monoisotopic (exact) mass is 548 g/mol. The van der Waals surface area contributed by atoms with Crippen LogP contribution in [0, 0.1) is 0 Å². The number of hydrogen-bond acceptors (Lipinski definition) is 4. The first-order valence-corrected chi connectivity index (χ1v) is 13.6. The average Bonchev–Trinajstić information content (AvgIpc) is 3.37. The van der Waals surface area contributed by atoms with E-state index >= 15 is 0 Å². The molecule has 0 radical (unpaired) electrons. The molecule has 2 N–H and O–H groups in total. The number of aromatic nitrogens is 1. The summed E-state index contributed by atoms with van der Waals surface area (Å²) < 4.78 is 2.85. The molecule has 1 aromatic heterocycles. The lowest BCUT2D eigenvalue weighted by Gasteiger charge is -2.18. The summed E-state index contributed by atoms with van der Waals surface area (Å²) in [6.45, 7) is 2.51. The van der Waals surface area contributed by atoms with Crippen molar-refractivity contribution in [1.29, 1.82) is 0 Å². The molecule has 2 aromatic carbocycles. The van der Waals surface area contributed by atoms with Gasteiger partial charge in [0.05, 0.1) is 15.6 Å². The standard InChI is InChI=1S/C25H26BrClN2O3S/c26-19-11-20-22(18(24(19)30)12-28-8-1-2-9-28)23(25(31)32)21(29(20)17-6-7-17)14-33-13-15-4-3-5-16(27)10-15/h3-5,10-11,17,30H,1-2,6-9,12-14H2,(H,31,32). The Kier molecular flexibility index (Phi) is 6.67. The predicted octanol–water partition coefficient (Wildman–Crippen LogP) is 6.83. The Morgan fingerprint density at radius 2 is 1.94 bits per heavy atom. The largest absolute Gasteiger partial charge is 0.506 e. The van der Waals surface area contributed by atoms with Crippen molar-refractivity contribution in [2.24, 2.45) is 0 Å². The maximum atomic E-state index is 12.6. The Bertz CT molecular complexity index is 1220. The highest BCUT2D eigenvalue weighted by Gasteiger charge is 2.34. The third kappa shape index (κ3) is 4.65. The van der Waals surface area contributed by atoms with E-state index in [-0.39, 0.29) is 5.75 Å². The van der Waals surface area contributed by atoms with Crippen molar-refractivity contribution in [3.63, 3.8) is 0 Å². The summed E-state index contributed by atoms with van der Waals surface area (Å²) in [5.74, 6) is 0.563. The fourth-order valence-electron chi connectivity index (χ4n) is 4.89. The van der Waals surface area contributed by atoms with Crippen molar-refractivity contribution in [3.05, 3.63) is 62.2 Å². The molecule has 5 nitrogen and oxygen atoms in total. The van der Waals surface area contributed by atoms with Gasteiger partial charge in [-0.15, -0.1) is 0 Å². The second kappa shape index (κ2) is 9.53. The van der Waals surface area contributed by atoms with Gasteiger partial charge >= 0.3 is 5.97 Å². The number of phenolic OH excluding ortho intramolecular Hbond substituents is 1. The van der Waals surface area contributed by atoms with Crippen LogP contribution in [0.5, 0.6) is 5.75 Å². The smallest absolute Gasteiger partial charge is 0.338 e. The third-order valence-electron chi connectivity index (χ3n) is 6.53. The number of likely N-dealkylation sites (tertiary alicyclic amines) is 1. The summed E-state index contributed by atoms with van der Waals surface area (Å²) in [4.78, 5) is 14.9. The molecule has 0 amide bonds. The fraction of sp³-hybridized carbons (Fsp3) is 0.400. The molecule has 1 saturated heterocycles. The summed E-state index contributed by atoms with van der Waals surface area (Å²) in [7, 11) is 0. The zero-order valence-electron chi connectivity index (χ0n) is 18.2. The molecule has 0 unspecified atom stereocenters. The lowest BCUT2D eigenvalue weighted by Crippen LogP contribution is -2.19. The van der Waals surface area contributed by atoms with Crippen LogP contribution in [0.25, 0.3) is 10.9 Å². The van der Waals surface area contributed by atoms with Gasteiger partial charge in [-0.2, -0.15) is 11.8 Å².